The van der Waals surface area contributed by atoms with Gasteiger partial charge >= 0.3 is 0 Å². The Hall–Kier alpha value is -2.88. The highest BCUT2D eigenvalue weighted by atomic mass is 35.5. The summed E-state index contributed by atoms with van der Waals surface area (Å²) in [5.74, 6) is 1.44. The molecule has 4 rings (SSSR count). The fraction of sp³-hybridized carbons (Fsp3) is 0.250. The maximum Gasteiger partial charge on any atom is 0.236 e. The van der Waals surface area contributed by atoms with Crippen LogP contribution in [0.15, 0.2) is 46.9 Å². The fourth-order valence-electron chi connectivity index (χ4n) is 3.21. The molecule has 0 atom stereocenters. The molecule has 0 saturated heterocycles. The number of thiazole rings is 1. The first-order chi connectivity index (χ1) is 16.3. The number of anilines is 1. The van der Waals surface area contributed by atoms with E-state index >= 15 is 0 Å². The molecule has 0 aliphatic carbocycles. The van der Waals surface area contributed by atoms with Crippen LogP contribution in [-0.2, 0) is 18.4 Å². The fourth-order valence-corrected chi connectivity index (χ4v) is 4.78. The first kappa shape index (κ1) is 24.3. The number of aryl methyl sites for hydroxylation is 3. The number of aromatic nitrogens is 4. The van der Waals surface area contributed by atoms with Gasteiger partial charge in [0.15, 0.2) is 16.1 Å². The van der Waals surface area contributed by atoms with Gasteiger partial charge in [-0.1, -0.05) is 53.2 Å². The predicted octanol–water partition coefficient (Wildman–Crippen LogP) is 5.83. The van der Waals surface area contributed by atoms with Gasteiger partial charge in [-0.25, -0.2) is 4.98 Å². The first-order valence-electron chi connectivity index (χ1n) is 10.5. The van der Waals surface area contributed by atoms with Crippen molar-refractivity contribution in [2.24, 2.45) is 7.05 Å². The molecule has 0 aliphatic heterocycles. The lowest BCUT2D eigenvalue weighted by atomic mass is 10.1. The van der Waals surface area contributed by atoms with E-state index < -0.39 is 0 Å². The summed E-state index contributed by atoms with van der Waals surface area (Å²) in [6.45, 7) is 6.19. The van der Waals surface area contributed by atoms with E-state index in [2.05, 4.69) is 20.5 Å². The summed E-state index contributed by atoms with van der Waals surface area (Å²) >= 11 is 8.93. The van der Waals surface area contributed by atoms with Gasteiger partial charge in [-0.05, 0) is 44.0 Å². The Balaban J connectivity index is 1.30. The van der Waals surface area contributed by atoms with Crippen LogP contribution in [0.5, 0.6) is 5.75 Å². The normalized spacial score (nSPS) is 11.0. The lowest BCUT2D eigenvalue weighted by Crippen LogP contribution is -2.14. The van der Waals surface area contributed by atoms with E-state index in [0.29, 0.717) is 16.1 Å². The quantitative estimate of drug-likeness (QED) is 0.299. The molecule has 0 fully saturated rings. The van der Waals surface area contributed by atoms with Gasteiger partial charge in [-0.3, -0.25) is 4.79 Å². The molecule has 0 bridgehead atoms. The number of ether oxygens (including phenoxy) is 1. The average Bonchev–Trinajstić information content (AvgIpc) is 3.41. The van der Waals surface area contributed by atoms with Crippen molar-refractivity contribution < 1.29 is 9.53 Å². The largest absolute Gasteiger partial charge is 0.486 e. The zero-order valence-corrected chi connectivity index (χ0v) is 21.6. The molecule has 2 aromatic heterocycles. The number of thioether (sulfide) groups is 1. The summed E-state index contributed by atoms with van der Waals surface area (Å²) in [5.41, 5.74) is 4.98. The second-order valence-corrected chi connectivity index (χ2v) is 10.0. The molecule has 4 aromatic rings. The lowest BCUT2D eigenvalue weighted by molar-refractivity contribution is -0.113. The van der Waals surface area contributed by atoms with Crippen molar-refractivity contribution in [3.05, 3.63) is 69.3 Å². The highest BCUT2D eigenvalue weighted by Crippen LogP contribution is 2.27. The molecule has 7 nitrogen and oxygen atoms in total. The van der Waals surface area contributed by atoms with Crippen LogP contribution in [0.1, 0.15) is 22.5 Å². The summed E-state index contributed by atoms with van der Waals surface area (Å²) in [7, 11) is 1.85. The molecule has 0 unspecified atom stereocenters. The van der Waals surface area contributed by atoms with Crippen LogP contribution >= 0.6 is 34.7 Å². The molecule has 0 radical (unpaired) electrons. The summed E-state index contributed by atoms with van der Waals surface area (Å²) in [6, 6.07) is 11.9. The van der Waals surface area contributed by atoms with Crippen molar-refractivity contribution in [1.29, 1.82) is 0 Å². The Morgan fingerprint density at radius 1 is 1.15 bits per heavy atom. The summed E-state index contributed by atoms with van der Waals surface area (Å²) in [5, 5.41) is 15.1. The summed E-state index contributed by atoms with van der Waals surface area (Å²) in [6.07, 6.45) is 0. The number of nitrogens with zero attached hydrogens (tertiary/aromatic N) is 4. The molecule has 1 N–H and O–H groups in total. The number of nitrogens with one attached hydrogen (secondary N) is 1. The minimum atomic E-state index is -0.150. The molecule has 0 saturated carbocycles. The van der Waals surface area contributed by atoms with E-state index in [1.165, 1.54) is 28.7 Å². The highest BCUT2D eigenvalue weighted by molar-refractivity contribution is 7.99. The van der Waals surface area contributed by atoms with E-state index in [0.717, 1.165) is 33.2 Å². The van der Waals surface area contributed by atoms with E-state index in [1.807, 2.05) is 74.2 Å². The van der Waals surface area contributed by atoms with Crippen LogP contribution in [0.25, 0.3) is 11.3 Å². The second-order valence-electron chi connectivity index (χ2n) is 7.86. The van der Waals surface area contributed by atoms with Gasteiger partial charge in [0, 0.05) is 23.0 Å². The lowest BCUT2D eigenvalue weighted by Gasteiger charge is -2.10. The second kappa shape index (κ2) is 10.6. The minimum absolute atomic E-state index is 0.150. The van der Waals surface area contributed by atoms with E-state index in [9.17, 15) is 4.79 Å². The third-order valence-corrected chi connectivity index (χ3v) is 7.51. The van der Waals surface area contributed by atoms with Gasteiger partial charge in [-0.15, -0.1) is 21.5 Å². The molecule has 2 heterocycles. The number of rotatable bonds is 8. The van der Waals surface area contributed by atoms with Gasteiger partial charge in [-0.2, -0.15) is 0 Å². The van der Waals surface area contributed by atoms with Crippen molar-refractivity contribution in [2.75, 3.05) is 11.1 Å². The van der Waals surface area contributed by atoms with Crippen LogP contribution in [0.3, 0.4) is 0 Å². The van der Waals surface area contributed by atoms with Crippen molar-refractivity contribution in [1.82, 2.24) is 19.7 Å². The van der Waals surface area contributed by atoms with Gasteiger partial charge < -0.3 is 14.6 Å². The predicted molar refractivity (Wildman–Crippen MR) is 138 cm³/mol. The van der Waals surface area contributed by atoms with Crippen LogP contribution in [0.2, 0.25) is 5.02 Å². The first-order valence-corrected chi connectivity index (χ1v) is 12.8. The maximum absolute atomic E-state index is 12.4. The number of halogens is 1. The van der Waals surface area contributed by atoms with Crippen LogP contribution in [-0.4, -0.2) is 31.4 Å². The Labute approximate surface area is 211 Å². The molecule has 1 amide bonds. The van der Waals surface area contributed by atoms with Crippen LogP contribution in [0, 0.1) is 20.8 Å². The monoisotopic (exact) mass is 513 g/mol. The number of hydrogen-bond donors (Lipinski definition) is 1. The Morgan fingerprint density at radius 3 is 2.56 bits per heavy atom. The standard InChI is InChI=1S/C24H24ClN5O2S2/c1-14-5-7-17(8-6-14)19-12-33-23(26-19)27-21(31)13-34-24-29-28-20(30(24)4)11-32-18-9-15(2)22(25)16(3)10-18/h5-10,12H,11,13H2,1-4H3,(H,26,27,31). The number of hydrogen-bond acceptors (Lipinski definition) is 7. The topological polar surface area (TPSA) is 81.9 Å². The number of carbonyl (C=O) groups excluding carboxylic acids is 1. The van der Waals surface area contributed by atoms with E-state index in [-0.39, 0.29) is 18.3 Å². The molecule has 0 spiro atoms. The number of benzene rings is 2. The summed E-state index contributed by atoms with van der Waals surface area (Å²) < 4.78 is 7.70. The smallest absolute Gasteiger partial charge is 0.236 e. The Bertz CT molecular complexity index is 1290. The highest BCUT2D eigenvalue weighted by Gasteiger charge is 2.14. The molecular weight excluding hydrogens is 490 g/mol. The third-order valence-electron chi connectivity index (χ3n) is 5.13. The van der Waals surface area contributed by atoms with E-state index in [4.69, 9.17) is 16.3 Å². The molecule has 176 valence electrons. The molecule has 34 heavy (non-hydrogen) atoms. The van der Waals surface area contributed by atoms with Crippen LogP contribution < -0.4 is 10.1 Å². The van der Waals surface area contributed by atoms with Gasteiger partial charge in [0.05, 0.1) is 11.4 Å². The molecule has 0 aliphatic rings. The van der Waals surface area contributed by atoms with Crippen molar-refractivity contribution in [2.45, 2.75) is 32.5 Å². The Morgan fingerprint density at radius 2 is 1.85 bits per heavy atom. The van der Waals surface area contributed by atoms with E-state index in [1.54, 1.807) is 0 Å². The molecular formula is C24H24ClN5O2S2. The SMILES string of the molecule is Cc1ccc(-c2csc(NC(=O)CSc3nnc(COc4cc(C)c(Cl)c(C)c4)n3C)n2)cc1. The zero-order chi connectivity index (χ0) is 24.2. The average molecular weight is 514 g/mol. The Kier molecular flexibility index (Phi) is 7.55. The molecule has 2 aromatic carbocycles. The summed E-state index contributed by atoms with van der Waals surface area (Å²) in [4.78, 5) is 17.0. The van der Waals surface area contributed by atoms with Crippen molar-refractivity contribution >= 4 is 45.7 Å². The van der Waals surface area contributed by atoms with Gasteiger partial charge in [0.1, 0.15) is 12.4 Å². The maximum atomic E-state index is 12.4. The molecule has 10 heteroatoms. The van der Waals surface area contributed by atoms with Gasteiger partial charge in [0.2, 0.25) is 5.91 Å². The van der Waals surface area contributed by atoms with Crippen LogP contribution in [0.4, 0.5) is 5.13 Å². The minimum Gasteiger partial charge on any atom is -0.486 e. The van der Waals surface area contributed by atoms with Crippen molar-refractivity contribution in [3.63, 3.8) is 0 Å². The van der Waals surface area contributed by atoms with Gasteiger partial charge in [0.25, 0.3) is 0 Å². The zero-order valence-electron chi connectivity index (χ0n) is 19.3. The van der Waals surface area contributed by atoms with Crippen molar-refractivity contribution in [3.8, 4) is 17.0 Å². The third kappa shape index (κ3) is 5.78. The number of amides is 1. The number of carbonyl (C=O) groups is 1.